The summed E-state index contributed by atoms with van der Waals surface area (Å²) in [4.78, 5) is 1.51. The smallest absolute Gasteiger partial charge is 0.134 e. The lowest BCUT2D eigenvalue weighted by Gasteiger charge is -2.28. The third-order valence-corrected chi connectivity index (χ3v) is 22.1. The van der Waals surface area contributed by atoms with Crippen LogP contribution in [0.4, 0.5) is 0 Å². The zero-order chi connectivity index (χ0) is 74.9. The van der Waals surface area contributed by atoms with Gasteiger partial charge in [-0.2, -0.15) is 0 Å². The number of aryl methyl sites for hydroxylation is 9. The van der Waals surface area contributed by atoms with Crippen LogP contribution in [0.2, 0.25) is 0 Å². The average molecular weight is 1370 g/mol. The van der Waals surface area contributed by atoms with Gasteiger partial charge in [-0.1, -0.05) is 254 Å². The summed E-state index contributed by atoms with van der Waals surface area (Å²) in [6, 6.07) is 52.7. The van der Waals surface area contributed by atoms with E-state index in [1.54, 1.807) is 0 Å². The lowest BCUT2D eigenvalue weighted by Crippen LogP contribution is -2.18. The van der Waals surface area contributed by atoms with Crippen LogP contribution in [-0.4, -0.2) is 0 Å². The van der Waals surface area contributed by atoms with Gasteiger partial charge in [-0.3, -0.25) is 0 Å². The first-order chi connectivity index (χ1) is 46.6. The fourth-order valence-corrected chi connectivity index (χ4v) is 16.3. The highest BCUT2D eigenvalue weighted by atomic mass is 32.1. The molecule has 3 nitrogen and oxygen atoms in total. The molecule has 4 heterocycles. The van der Waals surface area contributed by atoms with E-state index in [2.05, 4.69) is 355 Å². The molecular weight excluding hydrogens is 1250 g/mol. The van der Waals surface area contributed by atoms with Crippen LogP contribution < -0.4 is 0 Å². The molecule has 532 valence electrons. The van der Waals surface area contributed by atoms with E-state index in [0.29, 0.717) is 0 Å². The molecule has 14 rings (SSSR count). The number of benzene rings is 9. The SMILES string of the molecule is Cc1c(C(C)(C)C)oc2ccccc12.Cc1c(C(C)(C)C)sc2cc3ccccc3cc12.Cc1cc(C(C)(C)C)c(C)c2c1-c1cccc3cccc-2c13.Cc1cc(C(C)(C)C)cc(C(C)(C)C)c1C.Cc1cc2oc(C(C)(C)C)c(C)c2cc1C.Cc1ccc2oc(C(C)(C)C)c(C)c2c1. The van der Waals surface area contributed by atoms with Gasteiger partial charge in [-0.05, 0) is 262 Å². The lowest BCUT2D eigenvalue weighted by molar-refractivity contribution is 0.426. The zero-order valence-electron chi connectivity index (χ0n) is 68.0. The molecule has 0 saturated heterocycles. The van der Waals surface area contributed by atoms with Crippen LogP contribution in [0.1, 0.15) is 245 Å². The minimum atomic E-state index is 0.0743. The number of thiophene rings is 1. The molecule has 4 aromatic heterocycles. The highest BCUT2D eigenvalue weighted by Crippen LogP contribution is 2.52. The van der Waals surface area contributed by atoms with Gasteiger partial charge in [0.25, 0.3) is 0 Å². The van der Waals surface area contributed by atoms with Gasteiger partial charge >= 0.3 is 0 Å². The number of hydrogen-bond donors (Lipinski definition) is 0. The van der Waals surface area contributed by atoms with Crippen LogP contribution in [-0.2, 0) is 37.9 Å². The highest BCUT2D eigenvalue weighted by Gasteiger charge is 2.31. The second-order valence-corrected chi connectivity index (χ2v) is 37.4. The van der Waals surface area contributed by atoms with E-state index in [1.807, 2.05) is 23.5 Å². The fourth-order valence-electron chi connectivity index (χ4n) is 15.0. The summed E-state index contributed by atoms with van der Waals surface area (Å²) >= 11 is 1.95. The fraction of sp³-hybridized carbons (Fsp3) is 0.402. The van der Waals surface area contributed by atoms with E-state index in [9.17, 15) is 0 Å². The van der Waals surface area contributed by atoms with E-state index in [4.69, 9.17) is 13.3 Å². The van der Waals surface area contributed by atoms with Crippen LogP contribution in [0.3, 0.4) is 0 Å². The van der Waals surface area contributed by atoms with Crippen molar-refractivity contribution >= 4 is 75.9 Å². The molecule has 0 amide bonds. The molecular formula is C97H120O3S. The molecule has 4 heteroatoms. The van der Waals surface area contributed by atoms with Crippen molar-refractivity contribution in [3.63, 3.8) is 0 Å². The van der Waals surface area contributed by atoms with Gasteiger partial charge in [-0.15, -0.1) is 11.3 Å². The molecule has 0 fully saturated rings. The van der Waals surface area contributed by atoms with E-state index in [0.717, 1.165) is 34.0 Å². The molecule has 0 bridgehead atoms. The van der Waals surface area contributed by atoms with Crippen LogP contribution in [0.25, 0.3) is 86.8 Å². The molecule has 101 heavy (non-hydrogen) atoms. The van der Waals surface area contributed by atoms with Crippen LogP contribution >= 0.6 is 11.3 Å². The maximum absolute atomic E-state index is 6.00. The van der Waals surface area contributed by atoms with Crippen molar-refractivity contribution in [1.29, 1.82) is 0 Å². The Balaban J connectivity index is 0.000000142. The first-order valence-electron chi connectivity index (χ1n) is 36.8. The zero-order valence-corrected chi connectivity index (χ0v) is 68.8. The standard InChI is InChI=1S/C22H22.C17H18S.C16H26.C15H20O.C14H18O.C13H16O/c1-13-12-18(22(3,4)5)14(2)20-17-11-7-9-15-8-6-10-16(19(13)20)21(15)17;1-11-14-9-12-7-5-6-8-13(12)10-15(14)18-16(11)17(2,3)4;1-11-9-13(15(3,4)5)10-14(12(11)2)16(6,7)8;1-9-7-12-11(3)14(15(4,5)6)16-13(12)8-10(9)2;1-9-6-7-12-11(8-9)10(2)13(15-12)14(3,4)5;1-9-10-7-5-6-8-11(10)14-12(9)13(2,3)4/h6-12H,1-5H3;5-10H,1-4H3;9-10H,1-8H3;7-8H,1-6H3;6-8H,1-5H3;5-8H,1-4H3. The Morgan fingerprint density at radius 1 is 0.277 bits per heavy atom. The number of para-hydroxylation sites is 1. The Bertz CT molecular complexity index is 5190. The quantitative estimate of drug-likeness (QED) is 0.152. The highest BCUT2D eigenvalue weighted by molar-refractivity contribution is 7.19. The molecule has 0 spiro atoms. The van der Waals surface area contributed by atoms with Gasteiger partial charge in [0.1, 0.15) is 34.0 Å². The molecule has 0 N–H and O–H groups in total. The van der Waals surface area contributed by atoms with Crippen molar-refractivity contribution in [2.45, 2.75) is 259 Å². The Labute approximate surface area is 612 Å². The van der Waals surface area contributed by atoms with Crippen molar-refractivity contribution in [3.8, 4) is 22.3 Å². The van der Waals surface area contributed by atoms with E-state index >= 15 is 0 Å². The normalized spacial score (nSPS) is 12.6. The predicted molar refractivity (Wildman–Crippen MR) is 446 cm³/mol. The topological polar surface area (TPSA) is 39.4 Å². The molecule has 0 atom stereocenters. The summed E-state index contributed by atoms with van der Waals surface area (Å²) in [5, 5.41) is 10.6. The van der Waals surface area contributed by atoms with Gasteiger partial charge in [0, 0.05) is 42.0 Å². The summed E-state index contributed by atoms with van der Waals surface area (Å²) in [7, 11) is 0. The Morgan fingerprint density at radius 3 is 1.25 bits per heavy atom. The second kappa shape index (κ2) is 28.4. The van der Waals surface area contributed by atoms with E-state index in [1.165, 1.54) is 153 Å². The monoisotopic (exact) mass is 1360 g/mol. The Morgan fingerprint density at radius 2 is 0.733 bits per heavy atom. The minimum absolute atomic E-state index is 0.0743. The van der Waals surface area contributed by atoms with E-state index < -0.39 is 0 Å². The number of rotatable bonds is 0. The summed E-state index contributed by atoms with van der Waals surface area (Å²) in [5.74, 6) is 3.30. The third kappa shape index (κ3) is 16.5. The molecule has 0 radical (unpaired) electrons. The van der Waals surface area contributed by atoms with Gasteiger partial charge in [0.05, 0.1) is 0 Å². The van der Waals surface area contributed by atoms with Crippen molar-refractivity contribution in [2.24, 2.45) is 0 Å². The minimum Gasteiger partial charge on any atom is -0.460 e. The first kappa shape index (κ1) is 77.2. The van der Waals surface area contributed by atoms with E-state index in [-0.39, 0.29) is 37.9 Å². The third-order valence-electron chi connectivity index (χ3n) is 20.4. The summed E-state index contributed by atoms with van der Waals surface area (Å²) in [6.45, 7) is 71.3. The Kier molecular flexibility index (Phi) is 21.7. The molecule has 9 aromatic carbocycles. The number of furan rings is 3. The van der Waals surface area contributed by atoms with Gasteiger partial charge in [-0.25, -0.2) is 0 Å². The molecule has 1 aliphatic carbocycles. The summed E-state index contributed by atoms with van der Waals surface area (Å²) < 4.78 is 19.2. The van der Waals surface area contributed by atoms with Crippen LogP contribution in [0, 0.1) is 76.2 Å². The largest absolute Gasteiger partial charge is 0.460 e. The first-order valence-corrected chi connectivity index (χ1v) is 37.6. The molecule has 1 aliphatic rings. The van der Waals surface area contributed by atoms with Gasteiger partial charge in [0.15, 0.2) is 0 Å². The van der Waals surface area contributed by atoms with Crippen LogP contribution in [0.5, 0.6) is 0 Å². The summed E-state index contributed by atoms with van der Waals surface area (Å²) in [6.07, 6.45) is 0. The van der Waals surface area contributed by atoms with Gasteiger partial charge in [0.2, 0.25) is 0 Å². The molecule has 0 saturated carbocycles. The van der Waals surface area contributed by atoms with Crippen molar-refractivity contribution in [3.05, 3.63) is 246 Å². The molecule has 0 unspecified atom stereocenters. The second-order valence-electron chi connectivity index (χ2n) is 36.4. The maximum Gasteiger partial charge on any atom is 0.134 e. The number of fused-ring (bicyclic) bond motifs is 8. The summed E-state index contributed by atoms with van der Waals surface area (Å²) in [5.41, 5.74) is 29.1. The molecule has 13 aromatic rings. The number of hydrogen-bond acceptors (Lipinski definition) is 4. The lowest BCUT2D eigenvalue weighted by atomic mass is 9.77. The Hall–Kier alpha value is -7.92. The molecule has 0 aliphatic heterocycles. The van der Waals surface area contributed by atoms with Gasteiger partial charge < -0.3 is 13.3 Å². The maximum atomic E-state index is 6.00. The van der Waals surface area contributed by atoms with Crippen molar-refractivity contribution < 1.29 is 13.3 Å². The van der Waals surface area contributed by atoms with Crippen LogP contribution in [0.15, 0.2) is 159 Å². The van der Waals surface area contributed by atoms with Crippen molar-refractivity contribution in [2.75, 3.05) is 0 Å². The van der Waals surface area contributed by atoms with Crippen molar-refractivity contribution in [1.82, 2.24) is 0 Å². The predicted octanol–water partition coefficient (Wildman–Crippen LogP) is 30.0. The average Bonchev–Trinajstić information content (AvgIpc) is 1.57.